The van der Waals surface area contributed by atoms with Gasteiger partial charge in [-0.1, -0.05) is 55.8 Å². The summed E-state index contributed by atoms with van der Waals surface area (Å²) in [6, 6.07) is 23.8. The third-order valence-corrected chi connectivity index (χ3v) is 6.84. The lowest BCUT2D eigenvalue weighted by atomic mass is 10.0. The van der Waals surface area contributed by atoms with Gasteiger partial charge in [-0.3, -0.25) is 9.58 Å². The van der Waals surface area contributed by atoms with E-state index < -0.39 is 0 Å². The first-order valence-electron chi connectivity index (χ1n) is 13.9. The number of pyridine rings is 1. The number of amides is 2. The second kappa shape index (κ2) is 14.5. The molecular formula is C32H37N7O. The van der Waals surface area contributed by atoms with Crippen molar-refractivity contribution < 1.29 is 4.79 Å². The summed E-state index contributed by atoms with van der Waals surface area (Å²) in [5, 5.41) is 19.7. The van der Waals surface area contributed by atoms with Gasteiger partial charge in [0.05, 0.1) is 11.8 Å². The maximum Gasteiger partial charge on any atom is 0.322 e. The van der Waals surface area contributed by atoms with Crippen molar-refractivity contribution in [2.75, 3.05) is 16.8 Å². The van der Waals surface area contributed by atoms with Gasteiger partial charge in [-0.25, -0.2) is 9.78 Å². The monoisotopic (exact) mass is 535 g/mol. The van der Waals surface area contributed by atoms with Crippen LogP contribution in [0.2, 0.25) is 0 Å². The molecule has 1 atom stereocenters. The minimum Gasteiger partial charge on any atom is -0.370 e. The first-order valence-corrected chi connectivity index (χ1v) is 13.9. The molecule has 206 valence electrons. The first kappa shape index (κ1) is 28.4. The Bertz CT molecular complexity index is 1380. The molecule has 0 bridgehead atoms. The molecule has 0 fully saturated rings. The van der Waals surface area contributed by atoms with Crippen molar-refractivity contribution >= 4 is 17.5 Å². The Morgan fingerprint density at radius 2 is 1.80 bits per heavy atom. The molecule has 2 heterocycles. The highest BCUT2D eigenvalue weighted by molar-refractivity contribution is 5.93. The molecule has 40 heavy (non-hydrogen) atoms. The summed E-state index contributed by atoms with van der Waals surface area (Å²) in [4.78, 5) is 19.9. The summed E-state index contributed by atoms with van der Waals surface area (Å²) in [5.74, 6) is 0.764. The second-order valence-electron chi connectivity index (χ2n) is 9.87. The number of unbranched alkanes of at least 4 members (excludes halogenated alkanes) is 1. The van der Waals surface area contributed by atoms with Crippen LogP contribution >= 0.6 is 0 Å². The second-order valence-corrected chi connectivity index (χ2v) is 9.87. The van der Waals surface area contributed by atoms with E-state index in [0.29, 0.717) is 12.1 Å². The Labute approximate surface area is 236 Å². The molecule has 4 aromatic rings. The van der Waals surface area contributed by atoms with Crippen LogP contribution in [0.1, 0.15) is 50.2 Å². The number of nitrogens with zero attached hydrogens (tertiary/aromatic N) is 5. The summed E-state index contributed by atoms with van der Waals surface area (Å²) in [7, 11) is 1.91. The minimum absolute atomic E-state index is 0.0676. The molecule has 2 N–H and O–H groups in total. The number of nitrogens with one attached hydrogen (secondary N) is 2. The van der Waals surface area contributed by atoms with Gasteiger partial charge in [0, 0.05) is 49.8 Å². The van der Waals surface area contributed by atoms with Crippen molar-refractivity contribution in [3.8, 4) is 17.2 Å². The van der Waals surface area contributed by atoms with Crippen molar-refractivity contribution in [3.63, 3.8) is 0 Å². The molecule has 2 aromatic heterocycles. The van der Waals surface area contributed by atoms with Crippen molar-refractivity contribution in [1.29, 1.82) is 5.26 Å². The summed E-state index contributed by atoms with van der Waals surface area (Å²) in [6.45, 7) is 3.42. The third-order valence-electron chi connectivity index (χ3n) is 6.84. The molecule has 8 nitrogen and oxygen atoms in total. The standard InChI is InChI=1S/C32H37N7O/c1-3-9-29(12-7-8-19-34-31-18-13-26(20-33)22-35-31)39(32(40)36-21-25-10-5-4-6-11-25)30-16-14-27(15-17-30)28-23-37-38(2)24-28/h4-6,10-11,13-18,22-24,29H,3,7-9,12,19,21H2,1-2H3,(H,34,35)(H,36,40)/t29-/m0/s1. The predicted molar refractivity (Wildman–Crippen MR) is 160 cm³/mol. The fraction of sp³-hybridized carbons (Fsp3) is 0.312. The maximum absolute atomic E-state index is 13.7. The fourth-order valence-electron chi connectivity index (χ4n) is 4.76. The summed E-state index contributed by atoms with van der Waals surface area (Å²) in [6.07, 6.45) is 10.1. The van der Waals surface area contributed by atoms with Crippen LogP contribution in [0.15, 0.2) is 85.3 Å². The van der Waals surface area contributed by atoms with Crippen LogP contribution in [-0.4, -0.2) is 33.4 Å². The molecule has 8 heteroatoms. The zero-order chi connectivity index (χ0) is 28.2. The van der Waals surface area contributed by atoms with E-state index in [1.165, 1.54) is 0 Å². The highest BCUT2D eigenvalue weighted by atomic mass is 16.2. The number of benzene rings is 2. The van der Waals surface area contributed by atoms with Crippen LogP contribution in [0.5, 0.6) is 0 Å². The number of anilines is 2. The van der Waals surface area contributed by atoms with Crippen LogP contribution < -0.4 is 15.5 Å². The van der Waals surface area contributed by atoms with Crippen molar-refractivity contribution in [2.45, 2.75) is 51.6 Å². The van der Waals surface area contributed by atoms with E-state index >= 15 is 0 Å². The number of carbonyl (C=O) groups excluding carboxylic acids is 1. The molecule has 0 aliphatic heterocycles. The van der Waals surface area contributed by atoms with E-state index in [1.54, 1.807) is 16.9 Å². The Hall–Kier alpha value is -4.64. The average molecular weight is 536 g/mol. The zero-order valence-corrected chi connectivity index (χ0v) is 23.3. The SMILES string of the molecule is CCC[C@@H](CCCCNc1ccc(C#N)cn1)N(C(=O)NCc1ccccc1)c1ccc(-c2cnn(C)c2)cc1. The average Bonchev–Trinajstić information content (AvgIpc) is 3.43. The molecule has 4 rings (SSSR count). The summed E-state index contributed by atoms with van der Waals surface area (Å²) < 4.78 is 1.79. The lowest BCUT2D eigenvalue weighted by Gasteiger charge is -2.32. The molecular weight excluding hydrogens is 498 g/mol. The Morgan fingerprint density at radius 1 is 1.00 bits per heavy atom. The number of aryl methyl sites for hydroxylation is 1. The van der Waals surface area contributed by atoms with E-state index in [-0.39, 0.29) is 12.1 Å². The predicted octanol–water partition coefficient (Wildman–Crippen LogP) is 6.52. The maximum atomic E-state index is 13.7. The summed E-state index contributed by atoms with van der Waals surface area (Å²) in [5.41, 5.74) is 4.61. The van der Waals surface area contributed by atoms with Crippen LogP contribution in [0.25, 0.3) is 11.1 Å². The van der Waals surface area contributed by atoms with Gasteiger partial charge in [-0.05, 0) is 61.1 Å². The molecule has 2 amide bonds. The fourth-order valence-corrected chi connectivity index (χ4v) is 4.76. The molecule has 2 aromatic carbocycles. The van der Waals surface area contributed by atoms with Crippen LogP contribution in [0.3, 0.4) is 0 Å². The molecule has 0 aliphatic rings. The van der Waals surface area contributed by atoms with E-state index in [9.17, 15) is 4.79 Å². The molecule has 0 saturated heterocycles. The van der Waals surface area contributed by atoms with E-state index in [1.807, 2.05) is 72.9 Å². The normalized spacial score (nSPS) is 11.4. The molecule has 0 aliphatic carbocycles. The highest BCUT2D eigenvalue weighted by Gasteiger charge is 2.25. The highest BCUT2D eigenvalue weighted by Crippen LogP contribution is 2.27. The molecule has 0 saturated carbocycles. The largest absolute Gasteiger partial charge is 0.370 e. The van der Waals surface area contributed by atoms with Crippen molar-refractivity contribution in [3.05, 3.63) is 96.4 Å². The number of carbonyl (C=O) groups is 1. The number of nitriles is 1. The quantitative estimate of drug-likeness (QED) is 0.190. The third kappa shape index (κ3) is 7.93. The lowest BCUT2D eigenvalue weighted by Crippen LogP contribution is -2.46. The number of hydrogen-bond donors (Lipinski definition) is 2. The van der Waals surface area contributed by atoms with E-state index in [4.69, 9.17) is 5.26 Å². The van der Waals surface area contributed by atoms with Crippen molar-refractivity contribution in [2.24, 2.45) is 7.05 Å². The first-order chi connectivity index (χ1) is 19.6. The van der Waals surface area contributed by atoms with Crippen LogP contribution in [0, 0.1) is 11.3 Å². The van der Waals surface area contributed by atoms with Gasteiger partial charge in [0.15, 0.2) is 0 Å². The Balaban J connectivity index is 1.44. The van der Waals surface area contributed by atoms with Gasteiger partial charge in [-0.15, -0.1) is 0 Å². The Morgan fingerprint density at radius 3 is 2.45 bits per heavy atom. The van der Waals surface area contributed by atoms with Gasteiger partial charge < -0.3 is 10.6 Å². The molecule has 0 unspecified atom stereocenters. The topological polar surface area (TPSA) is 98.9 Å². The molecule has 0 radical (unpaired) electrons. The Kier molecular flexibility index (Phi) is 10.3. The van der Waals surface area contributed by atoms with Gasteiger partial charge in [0.2, 0.25) is 0 Å². The van der Waals surface area contributed by atoms with Crippen LogP contribution in [0.4, 0.5) is 16.3 Å². The van der Waals surface area contributed by atoms with Gasteiger partial charge in [-0.2, -0.15) is 10.4 Å². The van der Waals surface area contributed by atoms with Crippen molar-refractivity contribution in [1.82, 2.24) is 20.1 Å². The number of hydrogen-bond acceptors (Lipinski definition) is 5. The van der Waals surface area contributed by atoms with Crippen LogP contribution in [-0.2, 0) is 13.6 Å². The number of urea groups is 1. The smallest absolute Gasteiger partial charge is 0.322 e. The zero-order valence-electron chi connectivity index (χ0n) is 23.3. The van der Waals surface area contributed by atoms with Gasteiger partial charge in [0.1, 0.15) is 11.9 Å². The summed E-state index contributed by atoms with van der Waals surface area (Å²) >= 11 is 0. The van der Waals surface area contributed by atoms with E-state index in [0.717, 1.165) is 66.8 Å². The lowest BCUT2D eigenvalue weighted by molar-refractivity contribution is 0.242. The van der Waals surface area contributed by atoms with Gasteiger partial charge in [0.25, 0.3) is 0 Å². The number of rotatable bonds is 13. The van der Waals surface area contributed by atoms with Gasteiger partial charge >= 0.3 is 6.03 Å². The molecule has 0 spiro atoms. The van der Waals surface area contributed by atoms with E-state index in [2.05, 4.69) is 45.8 Å². The number of aromatic nitrogens is 3. The minimum atomic E-state index is -0.0867.